The first-order valence-electron chi connectivity index (χ1n) is 6.69. The molecule has 2 N–H and O–H groups in total. The predicted molar refractivity (Wildman–Crippen MR) is 76.2 cm³/mol. The van der Waals surface area contributed by atoms with Gasteiger partial charge >= 0.3 is 0 Å². The maximum absolute atomic E-state index is 11.7. The third kappa shape index (κ3) is 7.29. The van der Waals surface area contributed by atoms with Gasteiger partial charge in [0, 0.05) is 25.4 Å². The van der Waals surface area contributed by atoms with Gasteiger partial charge in [0.1, 0.15) is 0 Å². The molecule has 0 bridgehead atoms. The summed E-state index contributed by atoms with van der Waals surface area (Å²) in [6.45, 7) is 4.29. The van der Waals surface area contributed by atoms with Gasteiger partial charge in [0.25, 0.3) is 0 Å². The maximum Gasteiger partial charge on any atom is 0.211 e. The highest BCUT2D eigenvalue weighted by atomic mass is 32.2. The monoisotopic (exact) mass is 288 g/mol. The Morgan fingerprint density at radius 2 is 2.11 bits per heavy atom. The highest BCUT2D eigenvalue weighted by Gasteiger charge is 2.09. The van der Waals surface area contributed by atoms with Crippen LogP contribution in [0.3, 0.4) is 0 Å². The van der Waals surface area contributed by atoms with E-state index in [4.69, 9.17) is 0 Å². The lowest BCUT2D eigenvalue weighted by Gasteiger charge is -2.06. The average molecular weight is 288 g/mol. The minimum Gasteiger partial charge on any atom is -0.317 e. The molecule has 19 heavy (non-hydrogen) atoms. The van der Waals surface area contributed by atoms with Crippen molar-refractivity contribution in [2.75, 3.05) is 18.8 Å². The molecule has 0 radical (unpaired) electrons. The molecule has 110 valence electrons. The number of aryl methyl sites for hydroxylation is 1. The maximum atomic E-state index is 11.7. The summed E-state index contributed by atoms with van der Waals surface area (Å²) in [5, 5.41) is 7.25. The quantitative estimate of drug-likeness (QED) is 0.619. The zero-order valence-electron chi connectivity index (χ0n) is 11.7. The molecule has 0 saturated carbocycles. The van der Waals surface area contributed by atoms with Crippen LogP contribution in [0.1, 0.15) is 31.7 Å². The van der Waals surface area contributed by atoms with E-state index in [1.54, 1.807) is 24.1 Å². The van der Waals surface area contributed by atoms with E-state index in [0.717, 1.165) is 31.5 Å². The molecule has 1 rings (SSSR count). The number of unbranched alkanes of at least 4 members (excludes halogenated alkanes) is 1. The fourth-order valence-electron chi connectivity index (χ4n) is 1.67. The Hall–Kier alpha value is -0.920. The molecule has 0 atom stereocenters. The number of nitrogens with zero attached hydrogens (tertiary/aromatic N) is 2. The number of nitrogens with one attached hydrogen (secondary N) is 2. The average Bonchev–Trinajstić information content (AvgIpc) is 2.77. The zero-order valence-corrected chi connectivity index (χ0v) is 12.5. The Bertz CT molecular complexity index is 456. The van der Waals surface area contributed by atoms with E-state index in [0.29, 0.717) is 13.0 Å². The first kappa shape index (κ1) is 16.1. The summed E-state index contributed by atoms with van der Waals surface area (Å²) in [4.78, 5) is 0. The van der Waals surface area contributed by atoms with Gasteiger partial charge in [0.05, 0.1) is 11.9 Å². The standard InChI is InChI=1S/C12H24N4O2S/c1-3-6-13-7-4-5-8-19(17,18)15-10-12-9-14-16(2)11-12/h9,11,13,15H,3-8,10H2,1-2H3. The summed E-state index contributed by atoms with van der Waals surface area (Å²) in [6.07, 6.45) is 6.13. The molecule has 6 nitrogen and oxygen atoms in total. The first-order chi connectivity index (χ1) is 9.03. The smallest absolute Gasteiger partial charge is 0.211 e. The van der Waals surface area contributed by atoms with Gasteiger partial charge in [0.2, 0.25) is 10.0 Å². The molecule has 7 heteroatoms. The van der Waals surface area contributed by atoms with E-state index in [1.165, 1.54) is 0 Å². The Morgan fingerprint density at radius 3 is 2.74 bits per heavy atom. The summed E-state index contributed by atoms with van der Waals surface area (Å²) in [6, 6.07) is 0. The van der Waals surface area contributed by atoms with E-state index in [2.05, 4.69) is 22.1 Å². The Labute approximate surface area is 115 Å². The van der Waals surface area contributed by atoms with Gasteiger partial charge in [0.15, 0.2) is 0 Å². The third-order valence-electron chi connectivity index (χ3n) is 2.70. The fraction of sp³-hybridized carbons (Fsp3) is 0.750. The summed E-state index contributed by atoms with van der Waals surface area (Å²) in [7, 11) is -1.37. The van der Waals surface area contributed by atoms with Gasteiger partial charge in [-0.15, -0.1) is 0 Å². The largest absolute Gasteiger partial charge is 0.317 e. The zero-order chi connectivity index (χ0) is 14.1. The normalized spacial score (nSPS) is 11.9. The molecule has 0 aliphatic carbocycles. The van der Waals surface area contributed by atoms with Crippen molar-refractivity contribution in [3.8, 4) is 0 Å². The second kappa shape index (κ2) is 8.29. The summed E-state index contributed by atoms with van der Waals surface area (Å²) in [5.74, 6) is 0.182. The van der Waals surface area contributed by atoms with Crippen molar-refractivity contribution in [1.82, 2.24) is 19.8 Å². The van der Waals surface area contributed by atoms with Gasteiger partial charge in [-0.3, -0.25) is 4.68 Å². The lowest BCUT2D eigenvalue weighted by atomic mass is 10.3. The number of hydrogen-bond donors (Lipinski definition) is 2. The molecule has 0 aromatic carbocycles. The minimum absolute atomic E-state index is 0.182. The number of rotatable bonds is 10. The molecular formula is C12H24N4O2S. The van der Waals surface area contributed by atoms with Crippen molar-refractivity contribution in [3.63, 3.8) is 0 Å². The molecular weight excluding hydrogens is 264 g/mol. The van der Waals surface area contributed by atoms with Crippen molar-refractivity contribution in [1.29, 1.82) is 0 Å². The molecule has 0 amide bonds. The van der Waals surface area contributed by atoms with E-state index < -0.39 is 10.0 Å². The molecule has 0 fully saturated rings. The highest BCUT2D eigenvalue weighted by molar-refractivity contribution is 7.89. The van der Waals surface area contributed by atoms with Crippen LogP contribution in [0.25, 0.3) is 0 Å². The molecule has 0 unspecified atom stereocenters. The van der Waals surface area contributed by atoms with Gasteiger partial charge in [-0.05, 0) is 32.4 Å². The lowest BCUT2D eigenvalue weighted by Crippen LogP contribution is -2.26. The van der Waals surface area contributed by atoms with Crippen LogP contribution in [-0.2, 0) is 23.6 Å². The van der Waals surface area contributed by atoms with Crippen LogP contribution in [-0.4, -0.2) is 37.0 Å². The molecule has 1 aromatic heterocycles. The van der Waals surface area contributed by atoms with Crippen molar-refractivity contribution in [2.24, 2.45) is 7.05 Å². The van der Waals surface area contributed by atoms with Crippen LogP contribution in [0.4, 0.5) is 0 Å². The van der Waals surface area contributed by atoms with E-state index in [9.17, 15) is 8.42 Å². The summed E-state index contributed by atoms with van der Waals surface area (Å²) in [5.41, 5.74) is 0.871. The molecule has 0 aliphatic rings. The first-order valence-corrected chi connectivity index (χ1v) is 8.34. The van der Waals surface area contributed by atoms with Gasteiger partial charge < -0.3 is 5.32 Å². The Kier molecular flexibility index (Phi) is 7.04. The van der Waals surface area contributed by atoms with Crippen LogP contribution in [0.15, 0.2) is 12.4 Å². The minimum atomic E-state index is -3.18. The van der Waals surface area contributed by atoms with Crippen LogP contribution in [0.5, 0.6) is 0 Å². The number of aromatic nitrogens is 2. The van der Waals surface area contributed by atoms with Crippen molar-refractivity contribution in [3.05, 3.63) is 18.0 Å². The second-order valence-corrected chi connectivity index (χ2v) is 6.55. The van der Waals surface area contributed by atoms with Gasteiger partial charge in [-0.2, -0.15) is 5.10 Å². The van der Waals surface area contributed by atoms with E-state index >= 15 is 0 Å². The van der Waals surface area contributed by atoms with Crippen LogP contribution < -0.4 is 10.0 Å². The van der Waals surface area contributed by atoms with E-state index in [-0.39, 0.29) is 5.75 Å². The molecule has 1 aromatic rings. The summed E-state index contributed by atoms with van der Waals surface area (Å²) < 4.78 is 27.7. The molecule has 1 heterocycles. The molecule has 0 saturated heterocycles. The van der Waals surface area contributed by atoms with Crippen LogP contribution in [0, 0.1) is 0 Å². The van der Waals surface area contributed by atoms with Gasteiger partial charge in [-0.1, -0.05) is 6.92 Å². The van der Waals surface area contributed by atoms with Crippen molar-refractivity contribution >= 4 is 10.0 Å². The van der Waals surface area contributed by atoms with Crippen LogP contribution >= 0.6 is 0 Å². The van der Waals surface area contributed by atoms with Crippen molar-refractivity contribution in [2.45, 2.75) is 32.7 Å². The summed E-state index contributed by atoms with van der Waals surface area (Å²) >= 11 is 0. The van der Waals surface area contributed by atoms with Crippen molar-refractivity contribution < 1.29 is 8.42 Å². The fourth-order valence-corrected chi connectivity index (χ4v) is 2.79. The lowest BCUT2D eigenvalue weighted by molar-refractivity contribution is 0.572. The van der Waals surface area contributed by atoms with Gasteiger partial charge in [-0.25, -0.2) is 13.1 Å². The van der Waals surface area contributed by atoms with Crippen LogP contribution in [0.2, 0.25) is 0 Å². The number of hydrogen-bond acceptors (Lipinski definition) is 4. The second-order valence-electron chi connectivity index (χ2n) is 4.62. The Morgan fingerprint density at radius 1 is 1.32 bits per heavy atom. The third-order valence-corrected chi connectivity index (χ3v) is 4.11. The highest BCUT2D eigenvalue weighted by Crippen LogP contribution is 1.99. The Balaban J connectivity index is 2.17. The number of sulfonamides is 1. The predicted octanol–water partition coefficient (Wildman–Crippen LogP) is 0.619. The SMILES string of the molecule is CCCNCCCCS(=O)(=O)NCc1cnn(C)c1. The topological polar surface area (TPSA) is 76.0 Å². The molecule has 0 spiro atoms. The molecule has 0 aliphatic heterocycles. The van der Waals surface area contributed by atoms with E-state index in [1.807, 2.05) is 0 Å².